The Morgan fingerprint density at radius 2 is 2.00 bits per heavy atom. The topological polar surface area (TPSA) is 26.0 Å². The van der Waals surface area contributed by atoms with Crippen LogP contribution in [-0.2, 0) is 5.41 Å². The van der Waals surface area contributed by atoms with E-state index in [1.165, 1.54) is 12.1 Å². The van der Waals surface area contributed by atoms with Crippen LogP contribution < -0.4 is 5.73 Å². The molecule has 2 rings (SSSR count). The lowest BCUT2D eigenvalue weighted by molar-refractivity contribution is 0.391. The third kappa shape index (κ3) is 1.66. The molecule has 1 aliphatic carbocycles. The summed E-state index contributed by atoms with van der Waals surface area (Å²) in [6.07, 6.45) is 2.06. The van der Waals surface area contributed by atoms with Crippen molar-refractivity contribution in [2.45, 2.75) is 37.6 Å². The summed E-state index contributed by atoms with van der Waals surface area (Å²) in [5.41, 5.74) is 6.78. The Hall–Kier alpha value is -0.600. The summed E-state index contributed by atoms with van der Waals surface area (Å²) >= 11 is 6.06. The van der Waals surface area contributed by atoms with Crippen molar-refractivity contribution >= 4 is 11.6 Å². The monoisotopic (exact) mass is 227 g/mol. The molecule has 82 valence electrons. The van der Waals surface area contributed by atoms with Gasteiger partial charge >= 0.3 is 0 Å². The Morgan fingerprint density at radius 1 is 1.40 bits per heavy atom. The summed E-state index contributed by atoms with van der Waals surface area (Å²) < 4.78 is 12.9. The fourth-order valence-electron chi connectivity index (χ4n) is 2.26. The molecule has 0 unspecified atom stereocenters. The summed E-state index contributed by atoms with van der Waals surface area (Å²) in [4.78, 5) is 0. The van der Waals surface area contributed by atoms with Crippen molar-refractivity contribution < 1.29 is 4.39 Å². The first-order valence-electron chi connectivity index (χ1n) is 5.11. The van der Waals surface area contributed by atoms with Crippen molar-refractivity contribution in [3.8, 4) is 0 Å². The van der Waals surface area contributed by atoms with Gasteiger partial charge < -0.3 is 5.73 Å². The molecule has 0 aromatic heterocycles. The summed E-state index contributed by atoms with van der Waals surface area (Å²) in [6.45, 7) is 4.00. The first kappa shape index (κ1) is 10.9. The zero-order valence-corrected chi connectivity index (χ0v) is 9.74. The SMILES string of the molecule is CC(C)(N)C1(c2ccc(F)cc2Cl)CC1. The van der Waals surface area contributed by atoms with Gasteiger partial charge in [-0.3, -0.25) is 0 Å². The van der Waals surface area contributed by atoms with Gasteiger partial charge in [0.15, 0.2) is 0 Å². The quantitative estimate of drug-likeness (QED) is 0.825. The molecule has 1 aliphatic rings. The average molecular weight is 228 g/mol. The Kier molecular flexibility index (Phi) is 2.32. The maximum absolute atomic E-state index is 12.9. The van der Waals surface area contributed by atoms with E-state index >= 15 is 0 Å². The molecule has 15 heavy (non-hydrogen) atoms. The number of benzene rings is 1. The first-order chi connectivity index (χ1) is 6.87. The molecule has 1 aromatic rings. The molecule has 0 saturated heterocycles. The van der Waals surface area contributed by atoms with Crippen LogP contribution in [-0.4, -0.2) is 5.54 Å². The van der Waals surface area contributed by atoms with E-state index in [1.54, 1.807) is 6.07 Å². The minimum atomic E-state index is -0.311. The van der Waals surface area contributed by atoms with Crippen LogP contribution in [0.2, 0.25) is 5.02 Å². The molecular weight excluding hydrogens is 213 g/mol. The number of rotatable bonds is 2. The summed E-state index contributed by atoms with van der Waals surface area (Å²) in [7, 11) is 0. The molecule has 0 radical (unpaired) electrons. The Labute approximate surface area is 94.4 Å². The third-order valence-electron chi connectivity index (χ3n) is 3.43. The molecule has 1 fully saturated rings. The fourth-order valence-corrected chi connectivity index (χ4v) is 2.61. The third-order valence-corrected chi connectivity index (χ3v) is 3.74. The van der Waals surface area contributed by atoms with Crippen LogP contribution in [0.25, 0.3) is 0 Å². The van der Waals surface area contributed by atoms with Gasteiger partial charge in [-0.05, 0) is 44.4 Å². The molecule has 0 heterocycles. The van der Waals surface area contributed by atoms with E-state index < -0.39 is 0 Å². The van der Waals surface area contributed by atoms with E-state index in [4.69, 9.17) is 17.3 Å². The second-order valence-corrected chi connectivity index (χ2v) is 5.34. The van der Waals surface area contributed by atoms with Crippen molar-refractivity contribution in [2.75, 3.05) is 0 Å². The van der Waals surface area contributed by atoms with E-state index in [-0.39, 0.29) is 16.8 Å². The minimum Gasteiger partial charge on any atom is -0.325 e. The highest BCUT2D eigenvalue weighted by Gasteiger charge is 2.54. The van der Waals surface area contributed by atoms with Crippen LogP contribution in [0.15, 0.2) is 18.2 Å². The number of hydrogen-bond donors (Lipinski definition) is 1. The Bertz CT molecular complexity index is 391. The van der Waals surface area contributed by atoms with Crippen LogP contribution in [0.4, 0.5) is 4.39 Å². The lowest BCUT2D eigenvalue weighted by Crippen LogP contribution is -2.45. The van der Waals surface area contributed by atoms with E-state index in [0.29, 0.717) is 5.02 Å². The number of hydrogen-bond acceptors (Lipinski definition) is 1. The first-order valence-corrected chi connectivity index (χ1v) is 5.49. The van der Waals surface area contributed by atoms with Crippen molar-refractivity contribution in [1.29, 1.82) is 0 Å². The van der Waals surface area contributed by atoms with Gasteiger partial charge in [0.1, 0.15) is 5.82 Å². The van der Waals surface area contributed by atoms with Crippen LogP contribution in [0.5, 0.6) is 0 Å². The Morgan fingerprint density at radius 3 is 2.40 bits per heavy atom. The maximum Gasteiger partial charge on any atom is 0.124 e. The van der Waals surface area contributed by atoms with E-state index in [1.807, 2.05) is 13.8 Å². The number of halogens is 2. The maximum atomic E-state index is 12.9. The van der Waals surface area contributed by atoms with E-state index in [0.717, 1.165) is 18.4 Å². The average Bonchev–Trinajstić information content (AvgIpc) is 2.83. The standard InChI is InChI=1S/C12H15ClFN/c1-11(2,15)12(5-6-12)9-4-3-8(14)7-10(9)13/h3-4,7H,5-6,15H2,1-2H3. The van der Waals surface area contributed by atoms with Gasteiger partial charge in [0.25, 0.3) is 0 Å². The van der Waals surface area contributed by atoms with Crippen molar-refractivity contribution in [3.05, 3.63) is 34.6 Å². The van der Waals surface area contributed by atoms with Crippen molar-refractivity contribution in [3.63, 3.8) is 0 Å². The molecule has 1 aromatic carbocycles. The lowest BCUT2D eigenvalue weighted by Gasteiger charge is -2.31. The molecule has 2 N–H and O–H groups in total. The van der Waals surface area contributed by atoms with Crippen molar-refractivity contribution in [2.24, 2.45) is 5.73 Å². The van der Waals surface area contributed by atoms with Gasteiger partial charge in [0.05, 0.1) is 0 Å². The lowest BCUT2D eigenvalue weighted by atomic mass is 9.79. The molecule has 3 heteroatoms. The van der Waals surface area contributed by atoms with Gasteiger partial charge in [-0.2, -0.15) is 0 Å². The highest BCUT2D eigenvalue weighted by molar-refractivity contribution is 6.31. The van der Waals surface area contributed by atoms with Crippen LogP contribution >= 0.6 is 11.6 Å². The van der Waals surface area contributed by atoms with Gasteiger partial charge in [0, 0.05) is 16.0 Å². The van der Waals surface area contributed by atoms with Gasteiger partial charge in [0.2, 0.25) is 0 Å². The molecular formula is C12H15ClFN. The highest BCUT2D eigenvalue weighted by atomic mass is 35.5. The molecule has 0 amide bonds. The predicted molar refractivity (Wildman–Crippen MR) is 60.6 cm³/mol. The van der Waals surface area contributed by atoms with Gasteiger partial charge in [-0.25, -0.2) is 4.39 Å². The zero-order valence-electron chi connectivity index (χ0n) is 8.98. The summed E-state index contributed by atoms with van der Waals surface area (Å²) in [5.74, 6) is -0.297. The normalized spacial score (nSPS) is 19.0. The molecule has 0 atom stereocenters. The van der Waals surface area contributed by atoms with E-state index in [9.17, 15) is 4.39 Å². The highest BCUT2D eigenvalue weighted by Crippen LogP contribution is 2.56. The predicted octanol–water partition coefficient (Wildman–Crippen LogP) is 3.25. The minimum absolute atomic E-state index is 0.0578. The van der Waals surface area contributed by atoms with Crippen LogP contribution in [0, 0.1) is 5.82 Å². The zero-order chi connectivity index (χ0) is 11.3. The molecule has 0 bridgehead atoms. The molecule has 0 spiro atoms. The molecule has 1 saturated carbocycles. The summed E-state index contributed by atoms with van der Waals surface area (Å²) in [6, 6.07) is 4.58. The second-order valence-electron chi connectivity index (χ2n) is 4.93. The summed E-state index contributed by atoms with van der Waals surface area (Å²) in [5, 5.41) is 0.492. The molecule has 0 aliphatic heterocycles. The molecule has 1 nitrogen and oxygen atoms in total. The second kappa shape index (κ2) is 3.19. The van der Waals surface area contributed by atoms with Crippen LogP contribution in [0.1, 0.15) is 32.3 Å². The smallest absolute Gasteiger partial charge is 0.124 e. The van der Waals surface area contributed by atoms with Gasteiger partial charge in [-0.1, -0.05) is 17.7 Å². The largest absolute Gasteiger partial charge is 0.325 e. The Balaban J connectivity index is 2.47. The van der Waals surface area contributed by atoms with E-state index in [2.05, 4.69) is 0 Å². The van der Waals surface area contributed by atoms with Gasteiger partial charge in [-0.15, -0.1) is 0 Å². The van der Waals surface area contributed by atoms with Crippen LogP contribution in [0.3, 0.4) is 0 Å². The van der Waals surface area contributed by atoms with Crippen molar-refractivity contribution in [1.82, 2.24) is 0 Å². The fraction of sp³-hybridized carbons (Fsp3) is 0.500. The number of nitrogens with two attached hydrogens (primary N) is 1.